The Balaban J connectivity index is 2.00. The molecule has 1 fully saturated rings. The van der Waals surface area contributed by atoms with E-state index >= 15 is 0 Å². The number of nitrogens with zero attached hydrogens (tertiary/aromatic N) is 1. The fourth-order valence-corrected chi connectivity index (χ4v) is 2.96. The van der Waals surface area contributed by atoms with Gasteiger partial charge in [0, 0.05) is 15.2 Å². The highest BCUT2D eigenvalue weighted by atomic mass is 79.9. The van der Waals surface area contributed by atoms with E-state index in [0.717, 1.165) is 15.7 Å². The fourth-order valence-electron chi connectivity index (χ4n) is 2.45. The number of anilines is 1. The number of amides is 1. The van der Waals surface area contributed by atoms with Crippen molar-refractivity contribution in [3.63, 3.8) is 0 Å². The summed E-state index contributed by atoms with van der Waals surface area (Å²) in [5, 5.41) is 0.627. The van der Waals surface area contributed by atoms with E-state index in [4.69, 9.17) is 17.3 Å². The van der Waals surface area contributed by atoms with Crippen LogP contribution in [-0.4, -0.2) is 11.9 Å². The van der Waals surface area contributed by atoms with E-state index in [2.05, 4.69) is 15.9 Å². The molecule has 2 aromatic carbocycles. The highest BCUT2D eigenvalue weighted by Gasteiger charge is 2.47. The van der Waals surface area contributed by atoms with Gasteiger partial charge < -0.3 is 10.6 Å². The van der Waals surface area contributed by atoms with E-state index < -0.39 is 6.04 Å². The standard InChI is InChI=1S/C15H12BrClN2O/c16-9-5-7-10(8-6-9)19-14(13(18)15(19)20)11-3-1-2-4-12(11)17/h1-8,13-14H,18H2/t13-,14-/m1/s1. The van der Waals surface area contributed by atoms with Crippen LogP contribution in [0.3, 0.4) is 0 Å². The van der Waals surface area contributed by atoms with Crippen molar-refractivity contribution in [3.8, 4) is 0 Å². The van der Waals surface area contributed by atoms with Crippen molar-refractivity contribution in [2.24, 2.45) is 5.73 Å². The molecule has 0 bridgehead atoms. The van der Waals surface area contributed by atoms with Crippen LogP contribution in [0.1, 0.15) is 11.6 Å². The van der Waals surface area contributed by atoms with Crippen molar-refractivity contribution in [2.45, 2.75) is 12.1 Å². The summed E-state index contributed by atoms with van der Waals surface area (Å²) in [5.74, 6) is -0.0859. The van der Waals surface area contributed by atoms with E-state index in [1.54, 1.807) is 4.90 Å². The third kappa shape index (κ3) is 2.14. The average molecular weight is 352 g/mol. The molecular weight excluding hydrogens is 340 g/mol. The Morgan fingerprint density at radius 1 is 1.10 bits per heavy atom. The molecule has 0 aromatic heterocycles. The second kappa shape index (κ2) is 5.20. The molecule has 2 N–H and O–H groups in total. The van der Waals surface area contributed by atoms with Crippen molar-refractivity contribution < 1.29 is 4.79 Å². The molecule has 5 heteroatoms. The molecule has 1 aliphatic heterocycles. The summed E-state index contributed by atoms with van der Waals surface area (Å²) in [5.41, 5.74) is 7.67. The van der Waals surface area contributed by atoms with Gasteiger partial charge in [-0.2, -0.15) is 0 Å². The van der Waals surface area contributed by atoms with Gasteiger partial charge in [0.2, 0.25) is 5.91 Å². The molecule has 1 aliphatic rings. The Bertz CT molecular complexity index is 659. The minimum atomic E-state index is -0.543. The molecular formula is C15H12BrClN2O. The van der Waals surface area contributed by atoms with Gasteiger partial charge in [-0.1, -0.05) is 45.7 Å². The Labute approximate surface area is 130 Å². The first-order valence-electron chi connectivity index (χ1n) is 6.18. The van der Waals surface area contributed by atoms with Gasteiger partial charge in [0.25, 0.3) is 0 Å². The Morgan fingerprint density at radius 2 is 1.75 bits per heavy atom. The van der Waals surface area contributed by atoms with Gasteiger partial charge in [0.1, 0.15) is 6.04 Å². The summed E-state index contributed by atoms with van der Waals surface area (Å²) in [4.78, 5) is 13.8. The highest BCUT2D eigenvalue weighted by molar-refractivity contribution is 9.10. The molecule has 1 heterocycles. The topological polar surface area (TPSA) is 46.3 Å². The fraction of sp³-hybridized carbons (Fsp3) is 0.133. The molecule has 0 saturated carbocycles. The van der Waals surface area contributed by atoms with Gasteiger partial charge in [-0.3, -0.25) is 4.79 Å². The highest BCUT2D eigenvalue weighted by Crippen LogP contribution is 2.40. The van der Waals surface area contributed by atoms with Crippen LogP contribution in [0, 0.1) is 0 Å². The summed E-state index contributed by atoms with van der Waals surface area (Å²) in [6.07, 6.45) is 0. The second-order valence-corrected chi connectivity index (χ2v) is 6.00. The third-order valence-corrected chi connectivity index (χ3v) is 4.34. The predicted molar refractivity (Wildman–Crippen MR) is 83.8 cm³/mol. The lowest BCUT2D eigenvalue weighted by Crippen LogP contribution is -2.63. The van der Waals surface area contributed by atoms with Crippen LogP contribution >= 0.6 is 27.5 Å². The van der Waals surface area contributed by atoms with Crippen molar-refractivity contribution in [1.29, 1.82) is 0 Å². The van der Waals surface area contributed by atoms with Gasteiger partial charge in [0.05, 0.1) is 6.04 Å². The molecule has 0 spiro atoms. The number of carbonyl (C=O) groups is 1. The summed E-state index contributed by atoms with van der Waals surface area (Å²) < 4.78 is 0.966. The molecule has 20 heavy (non-hydrogen) atoms. The van der Waals surface area contributed by atoms with Crippen molar-refractivity contribution in [2.75, 3.05) is 4.90 Å². The lowest BCUT2D eigenvalue weighted by atomic mass is 9.88. The molecule has 0 radical (unpaired) electrons. The van der Waals surface area contributed by atoms with Crippen LogP contribution in [-0.2, 0) is 4.79 Å². The molecule has 0 unspecified atom stereocenters. The van der Waals surface area contributed by atoms with Crippen molar-refractivity contribution in [3.05, 3.63) is 63.6 Å². The monoisotopic (exact) mass is 350 g/mol. The molecule has 3 nitrogen and oxygen atoms in total. The van der Waals surface area contributed by atoms with E-state index in [0.29, 0.717) is 5.02 Å². The minimum absolute atomic E-state index is 0.0859. The SMILES string of the molecule is N[C@H]1C(=O)N(c2ccc(Br)cc2)[C@@H]1c1ccccc1Cl. The number of hydrogen-bond acceptors (Lipinski definition) is 2. The zero-order chi connectivity index (χ0) is 14.3. The van der Waals surface area contributed by atoms with Crippen LogP contribution < -0.4 is 10.6 Å². The van der Waals surface area contributed by atoms with E-state index in [9.17, 15) is 4.79 Å². The average Bonchev–Trinajstić information content (AvgIpc) is 2.46. The van der Waals surface area contributed by atoms with Crippen LogP contribution in [0.2, 0.25) is 5.02 Å². The van der Waals surface area contributed by atoms with E-state index in [1.807, 2.05) is 48.5 Å². The molecule has 1 amide bonds. The van der Waals surface area contributed by atoms with Crippen LogP contribution in [0.5, 0.6) is 0 Å². The number of carbonyl (C=O) groups excluding carboxylic acids is 1. The first kappa shape index (κ1) is 13.6. The molecule has 0 aliphatic carbocycles. The Morgan fingerprint density at radius 3 is 2.40 bits per heavy atom. The molecule has 3 rings (SSSR count). The van der Waals surface area contributed by atoms with Gasteiger partial charge in [0.15, 0.2) is 0 Å². The number of hydrogen-bond donors (Lipinski definition) is 1. The summed E-state index contributed by atoms with van der Waals surface area (Å²) in [7, 11) is 0. The largest absolute Gasteiger partial charge is 0.318 e. The second-order valence-electron chi connectivity index (χ2n) is 4.68. The molecule has 1 saturated heterocycles. The van der Waals surface area contributed by atoms with Gasteiger partial charge in [-0.15, -0.1) is 0 Å². The maximum atomic E-state index is 12.1. The number of nitrogens with two attached hydrogens (primary N) is 1. The Hall–Kier alpha value is -1.36. The van der Waals surface area contributed by atoms with Crippen molar-refractivity contribution in [1.82, 2.24) is 0 Å². The van der Waals surface area contributed by atoms with E-state index in [-0.39, 0.29) is 11.9 Å². The van der Waals surface area contributed by atoms with Crippen LogP contribution in [0.15, 0.2) is 53.0 Å². The van der Waals surface area contributed by atoms with Gasteiger partial charge in [-0.25, -0.2) is 0 Å². The first-order chi connectivity index (χ1) is 9.59. The minimum Gasteiger partial charge on any atom is -0.318 e. The zero-order valence-electron chi connectivity index (χ0n) is 10.5. The smallest absolute Gasteiger partial charge is 0.247 e. The normalized spacial score (nSPS) is 21.8. The van der Waals surface area contributed by atoms with Gasteiger partial charge >= 0.3 is 0 Å². The lowest BCUT2D eigenvalue weighted by molar-refractivity contribution is -0.126. The lowest BCUT2D eigenvalue weighted by Gasteiger charge is -2.45. The molecule has 2 aromatic rings. The zero-order valence-corrected chi connectivity index (χ0v) is 12.8. The maximum Gasteiger partial charge on any atom is 0.247 e. The number of halogens is 2. The van der Waals surface area contributed by atoms with Crippen LogP contribution in [0.25, 0.3) is 0 Å². The summed E-state index contributed by atoms with van der Waals surface area (Å²) in [6.45, 7) is 0. The Kier molecular flexibility index (Phi) is 3.54. The third-order valence-electron chi connectivity index (χ3n) is 3.47. The van der Waals surface area contributed by atoms with Crippen molar-refractivity contribution >= 4 is 39.1 Å². The molecule has 102 valence electrons. The first-order valence-corrected chi connectivity index (χ1v) is 7.35. The number of β-lactam (4-membered cyclic amide) rings is 1. The summed E-state index contributed by atoms with van der Waals surface area (Å²) >= 11 is 9.61. The summed E-state index contributed by atoms with van der Waals surface area (Å²) in [6, 6.07) is 14.3. The quantitative estimate of drug-likeness (QED) is 0.842. The van der Waals surface area contributed by atoms with Crippen LogP contribution in [0.4, 0.5) is 5.69 Å². The molecule has 2 atom stereocenters. The predicted octanol–water partition coefficient (Wildman–Crippen LogP) is 3.52. The maximum absolute atomic E-state index is 12.1. The number of rotatable bonds is 2. The van der Waals surface area contributed by atoms with Gasteiger partial charge in [-0.05, 0) is 35.9 Å². The van der Waals surface area contributed by atoms with E-state index in [1.165, 1.54) is 0 Å². The number of benzene rings is 2.